The maximum Gasteiger partial charge on any atom is 0.412 e. The van der Waals surface area contributed by atoms with E-state index >= 15 is 0 Å². The van der Waals surface area contributed by atoms with Crippen molar-refractivity contribution >= 4 is 19.4 Å². The molecule has 0 radical (unpaired) electrons. The lowest BCUT2D eigenvalue weighted by molar-refractivity contribution is 0.106. The highest BCUT2D eigenvalue weighted by atomic mass is 31.2. The van der Waals surface area contributed by atoms with Crippen molar-refractivity contribution in [3.8, 4) is 0 Å². The minimum Gasteiger partial charge on any atom is -0.430 e. The van der Waals surface area contributed by atoms with Crippen molar-refractivity contribution in [2.24, 2.45) is 0 Å². The lowest BCUT2D eigenvalue weighted by Gasteiger charge is -2.23. The summed E-state index contributed by atoms with van der Waals surface area (Å²) in [6, 6.07) is 18.2. The molecule has 1 fully saturated rings. The topological polar surface area (TPSA) is 86.4 Å². The number of anilines is 1. The van der Waals surface area contributed by atoms with E-state index in [0.29, 0.717) is 5.69 Å². The summed E-state index contributed by atoms with van der Waals surface area (Å²) in [7, 11) is -1.22. The molecule has 0 spiro atoms. The number of rotatable bonds is 7. The molecule has 1 aliphatic rings. The quantitative estimate of drug-likeness (QED) is 0.575. The summed E-state index contributed by atoms with van der Waals surface area (Å²) >= 11 is 0. The minimum atomic E-state index is -3.71. The normalized spacial score (nSPS) is 20.2. The molecule has 3 rings (SSSR count). The highest BCUT2D eigenvalue weighted by Gasteiger charge is 2.56. The first-order valence-corrected chi connectivity index (χ1v) is 9.63. The van der Waals surface area contributed by atoms with Crippen molar-refractivity contribution < 1.29 is 27.9 Å². The molecule has 2 aromatic carbocycles. The fourth-order valence-corrected chi connectivity index (χ4v) is 4.00. The van der Waals surface area contributed by atoms with Gasteiger partial charge in [0.15, 0.2) is 0 Å². The van der Waals surface area contributed by atoms with Crippen LogP contribution in [0.3, 0.4) is 0 Å². The van der Waals surface area contributed by atoms with Gasteiger partial charge in [0.25, 0.3) is 0 Å². The van der Waals surface area contributed by atoms with Gasteiger partial charge >= 0.3 is 13.7 Å². The second kappa shape index (κ2) is 8.01. The van der Waals surface area contributed by atoms with Gasteiger partial charge in [-0.05, 0) is 17.7 Å². The molecule has 1 amide bonds. The predicted octanol–water partition coefficient (Wildman–Crippen LogP) is 4.19. The van der Waals surface area contributed by atoms with E-state index in [0.717, 1.165) is 5.56 Å². The summed E-state index contributed by atoms with van der Waals surface area (Å²) in [5.74, 6) is -1.19. The highest BCUT2D eigenvalue weighted by molar-refractivity contribution is 7.54. The van der Waals surface area contributed by atoms with Crippen LogP contribution in [0.2, 0.25) is 0 Å². The molecule has 1 saturated heterocycles. The van der Waals surface area contributed by atoms with Crippen LogP contribution in [-0.4, -0.2) is 32.3 Å². The number of ether oxygens (including phenoxy) is 2. The fourth-order valence-electron chi connectivity index (χ4n) is 2.62. The molecule has 2 aromatic rings. The monoisotopic (exact) mass is 377 g/mol. The Morgan fingerprint density at radius 2 is 1.62 bits per heavy atom. The summed E-state index contributed by atoms with van der Waals surface area (Å²) < 4.78 is 34.0. The third kappa shape index (κ3) is 4.14. The van der Waals surface area contributed by atoms with E-state index in [2.05, 4.69) is 5.32 Å². The Labute approximate surface area is 151 Å². The van der Waals surface area contributed by atoms with Crippen molar-refractivity contribution in [1.82, 2.24) is 0 Å². The van der Waals surface area contributed by atoms with Gasteiger partial charge in [-0.2, -0.15) is 0 Å². The van der Waals surface area contributed by atoms with E-state index in [1.807, 2.05) is 36.4 Å². The van der Waals surface area contributed by atoms with Crippen LogP contribution in [0.5, 0.6) is 0 Å². The van der Waals surface area contributed by atoms with Crippen LogP contribution < -0.4 is 5.32 Å². The average molecular weight is 377 g/mol. The Hall–Kier alpha value is -2.18. The Bertz CT molecular complexity index is 777. The third-order valence-electron chi connectivity index (χ3n) is 4.00. The Kier molecular flexibility index (Phi) is 5.74. The molecule has 1 heterocycles. The highest BCUT2D eigenvalue weighted by Crippen LogP contribution is 2.60. The Balaban J connectivity index is 1.75. The molecule has 3 atom stereocenters. The van der Waals surface area contributed by atoms with Crippen molar-refractivity contribution in [3.05, 3.63) is 66.2 Å². The first kappa shape index (κ1) is 18.6. The van der Waals surface area contributed by atoms with Crippen molar-refractivity contribution in [2.45, 2.75) is 18.1 Å². The van der Waals surface area contributed by atoms with Crippen LogP contribution in [0, 0.1) is 0 Å². The molecular formula is C18H20NO6P. The number of hydrogen-bond donors (Lipinski definition) is 1. The molecule has 7 nitrogen and oxygen atoms in total. The van der Waals surface area contributed by atoms with Crippen LogP contribution in [-0.2, 0) is 23.1 Å². The maximum atomic E-state index is 12.9. The Morgan fingerprint density at radius 1 is 1.04 bits per heavy atom. The van der Waals surface area contributed by atoms with Crippen molar-refractivity contribution in [2.75, 3.05) is 19.5 Å². The van der Waals surface area contributed by atoms with Gasteiger partial charge in [0.1, 0.15) is 12.2 Å². The van der Waals surface area contributed by atoms with E-state index in [1.165, 1.54) is 14.2 Å². The van der Waals surface area contributed by atoms with E-state index in [9.17, 15) is 9.36 Å². The van der Waals surface area contributed by atoms with Crippen molar-refractivity contribution in [3.63, 3.8) is 0 Å². The third-order valence-corrected chi connectivity index (χ3v) is 6.04. The summed E-state index contributed by atoms with van der Waals surface area (Å²) in [6.07, 6.45) is -1.73. The van der Waals surface area contributed by atoms with Crippen LogP contribution in [0.4, 0.5) is 10.5 Å². The second-order valence-electron chi connectivity index (χ2n) is 5.62. The standard InChI is InChI=1S/C18H20NO6P/c1-22-26(21,23-2)17(16-15(24-16)13-9-5-3-6-10-13)25-18(20)19-14-11-7-4-8-12-14/h3-12,15-17H,1-2H3,(H,19,20)/t15-,16+,17-/m0/s1. The lowest BCUT2D eigenvalue weighted by Crippen LogP contribution is -2.28. The zero-order valence-electron chi connectivity index (χ0n) is 14.4. The van der Waals surface area contributed by atoms with Gasteiger partial charge in [-0.3, -0.25) is 9.88 Å². The zero-order valence-corrected chi connectivity index (χ0v) is 15.3. The lowest BCUT2D eigenvalue weighted by atomic mass is 10.1. The number of amides is 1. The molecule has 8 heteroatoms. The number of carbonyl (C=O) groups excluding carboxylic acids is 1. The average Bonchev–Trinajstić information content (AvgIpc) is 3.47. The number of nitrogens with one attached hydrogen (secondary N) is 1. The summed E-state index contributed by atoms with van der Waals surface area (Å²) in [5.41, 5.74) is 1.45. The molecular weight excluding hydrogens is 357 g/mol. The first-order valence-electron chi connectivity index (χ1n) is 8.01. The van der Waals surface area contributed by atoms with Gasteiger partial charge in [-0.25, -0.2) is 4.79 Å². The van der Waals surface area contributed by atoms with E-state index in [1.54, 1.807) is 24.3 Å². The van der Waals surface area contributed by atoms with E-state index in [-0.39, 0.29) is 6.10 Å². The van der Waals surface area contributed by atoms with E-state index < -0.39 is 25.6 Å². The van der Waals surface area contributed by atoms with Crippen LogP contribution in [0.1, 0.15) is 11.7 Å². The van der Waals surface area contributed by atoms with Gasteiger partial charge in [0.2, 0.25) is 5.85 Å². The smallest absolute Gasteiger partial charge is 0.412 e. The first-order chi connectivity index (χ1) is 12.6. The molecule has 0 unspecified atom stereocenters. The molecule has 26 heavy (non-hydrogen) atoms. The summed E-state index contributed by atoms with van der Waals surface area (Å²) in [5, 5.41) is 2.58. The second-order valence-corrected chi connectivity index (χ2v) is 7.94. The zero-order chi connectivity index (χ0) is 18.6. The number of benzene rings is 2. The number of hydrogen-bond acceptors (Lipinski definition) is 6. The molecule has 1 N–H and O–H groups in total. The molecule has 0 saturated carbocycles. The molecule has 1 aliphatic heterocycles. The van der Waals surface area contributed by atoms with Gasteiger partial charge in [0.05, 0.1) is 0 Å². The van der Waals surface area contributed by atoms with Gasteiger partial charge in [0, 0.05) is 19.9 Å². The minimum absolute atomic E-state index is 0.343. The number of carbonyl (C=O) groups is 1. The summed E-state index contributed by atoms with van der Waals surface area (Å²) in [4.78, 5) is 12.3. The summed E-state index contributed by atoms with van der Waals surface area (Å²) in [6.45, 7) is 0. The fraction of sp³-hybridized carbons (Fsp3) is 0.278. The maximum absolute atomic E-state index is 12.9. The van der Waals surface area contributed by atoms with Crippen LogP contribution in [0.25, 0.3) is 0 Å². The molecule has 0 bridgehead atoms. The SMILES string of the molecule is COP(=O)(OC)[C@H](OC(=O)Nc1ccccc1)[C@@H]1O[C@H]1c1ccccc1. The van der Waals surface area contributed by atoms with Gasteiger partial charge in [-0.1, -0.05) is 48.5 Å². The molecule has 138 valence electrons. The number of epoxide rings is 1. The molecule has 0 aliphatic carbocycles. The van der Waals surface area contributed by atoms with Gasteiger partial charge in [-0.15, -0.1) is 0 Å². The predicted molar refractivity (Wildman–Crippen MR) is 96.0 cm³/mol. The van der Waals surface area contributed by atoms with Gasteiger partial charge < -0.3 is 18.5 Å². The largest absolute Gasteiger partial charge is 0.430 e. The molecule has 0 aromatic heterocycles. The van der Waals surface area contributed by atoms with Crippen LogP contribution >= 0.6 is 7.60 Å². The van der Waals surface area contributed by atoms with Crippen LogP contribution in [0.15, 0.2) is 60.7 Å². The van der Waals surface area contributed by atoms with Crippen molar-refractivity contribution in [1.29, 1.82) is 0 Å². The number of para-hydroxylation sites is 1. The van der Waals surface area contributed by atoms with E-state index in [4.69, 9.17) is 18.5 Å². The Morgan fingerprint density at radius 3 is 2.19 bits per heavy atom.